The second-order valence-electron chi connectivity index (χ2n) is 7.99. The van der Waals surface area contributed by atoms with Gasteiger partial charge in [-0.2, -0.15) is 5.10 Å². The normalized spacial score (nSPS) is 19.5. The largest absolute Gasteiger partial charge is 0.372 e. The first-order chi connectivity index (χ1) is 13.7. The van der Waals surface area contributed by atoms with Gasteiger partial charge in [0.25, 0.3) is 0 Å². The van der Waals surface area contributed by atoms with Gasteiger partial charge in [-0.1, -0.05) is 0 Å². The van der Waals surface area contributed by atoms with Gasteiger partial charge >= 0.3 is 6.03 Å². The molecule has 0 spiro atoms. The Balaban J connectivity index is 1.70. The van der Waals surface area contributed by atoms with Crippen molar-refractivity contribution in [2.75, 3.05) is 28.6 Å². The highest BCUT2D eigenvalue weighted by Gasteiger charge is 2.24. The number of aryl methyl sites for hydroxylation is 1. The molecular formula is C21H30FN5O2. The molecule has 0 unspecified atom stereocenters. The number of rotatable bonds is 4. The summed E-state index contributed by atoms with van der Waals surface area (Å²) in [5, 5.41) is 9.99. The molecule has 1 aliphatic rings. The van der Waals surface area contributed by atoms with E-state index in [0.717, 1.165) is 11.4 Å². The van der Waals surface area contributed by atoms with E-state index in [-0.39, 0.29) is 24.1 Å². The van der Waals surface area contributed by atoms with E-state index in [1.54, 1.807) is 12.1 Å². The Hall–Kier alpha value is -2.61. The third kappa shape index (κ3) is 4.70. The average Bonchev–Trinajstić information content (AvgIpc) is 2.89. The molecule has 1 saturated heterocycles. The number of benzene rings is 1. The van der Waals surface area contributed by atoms with Crippen molar-refractivity contribution in [1.82, 2.24) is 9.78 Å². The van der Waals surface area contributed by atoms with Gasteiger partial charge in [0.15, 0.2) is 0 Å². The maximum Gasteiger partial charge on any atom is 0.323 e. The summed E-state index contributed by atoms with van der Waals surface area (Å²) < 4.78 is 22.3. The minimum Gasteiger partial charge on any atom is -0.372 e. The smallest absolute Gasteiger partial charge is 0.323 e. The predicted molar refractivity (Wildman–Crippen MR) is 113 cm³/mol. The first kappa shape index (κ1) is 21.1. The Morgan fingerprint density at radius 2 is 1.86 bits per heavy atom. The lowest BCUT2D eigenvalue weighted by molar-refractivity contribution is -0.00539. The first-order valence-electron chi connectivity index (χ1n) is 9.99. The third-order valence-corrected chi connectivity index (χ3v) is 5.02. The van der Waals surface area contributed by atoms with E-state index in [9.17, 15) is 9.18 Å². The minimum atomic E-state index is -0.430. The summed E-state index contributed by atoms with van der Waals surface area (Å²) in [6.45, 7) is 13.0. The standard InChI is InChI=1S/C21H30FN5O2/c1-12(2)27-16(6)20(15(5)25-27)24-21(28)23-17-7-8-19(18(22)9-17)26-10-13(3)29-14(4)11-26/h7-9,12-14H,10-11H2,1-6H3,(H2,23,24,28)/t13-,14-/m1/s1. The number of nitrogens with zero attached hydrogens (tertiary/aromatic N) is 3. The first-order valence-corrected chi connectivity index (χ1v) is 9.99. The number of nitrogens with one attached hydrogen (secondary N) is 2. The van der Waals surface area contributed by atoms with Gasteiger partial charge in [0.1, 0.15) is 5.82 Å². The number of ether oxygens (including phenoxy) is 1. The van der Waals surface area contributed by atoms with Crippen molar-refractivity contribution in [2.45, 2.75) is 59.8 Å². The molecule has 2 heterocycles. The zero-order valence-corrected chi connectivity index (χ0v) is 17.9. The number of aromatic nitrogens is 2. The van der Waals surface area contributed by atoms with E-state index in [2.05, 4.69) is 15.7 Å². The average molecular weight is 404 g/mol. The fraction of sp³-hybridized carbons (Fsp3) is 0.524. The van der Waals surface area contributed by atoms with Gasteiger partial charge < -0.3 is 20.3 Å². The number of morpholine rings is 1. The number of carbonyl (C=O) groups excluding carboxylic acids is 1. The van der Waals surface area contributed by atoms with Crippen molar-refractivity contribution in [3.8, 4) is 0 Å². The van der Waals surface area contributed by atoms with Crippen LogP contribution in [0, 0.1) is 19.7 Å². The second kappa shape index (κ2) is 8.41. The van der Waals surface area contributed by atoms with Gasteiger partial charge in [-0.05, 0) is 59.7 Å². The lowest BCUT2D eigenvalue weighted by Crippen LogP contribution is -2.45. The molecule has 7 nitrogen and oxygen atoms in total. The third-order valence-electron chi connectivity index (χ3n) is 5.02. The van der Waals surface area contributed by atoms with Crippen molar-refractivity contribution in [3.63, 3.8) is 0 Å². The topological polar surface area (TPSA) is 71.4 Å². The van der Waals surface area contributed by atoms with Crippen molar-refractivity contribution >= 4 is 23.1 Å². The van der Waals surface area contributed by atoms with Crippen LogP contribution in [0.4, 0.5) is 26.2 Å². The van der Waals surface area contributed by atoms with E-state index < -0.39 is 6.03 Å². The summed E-state index contributed by atoms with van der Waals surface area (Å²) in [4.78, 5) is 14.4. The minimum absolute atomic E-state index is 0.0416. The van der Waals surface area contributed by atoms with Crippen LogP contribution in [0.2, 0.25) is 0 Å². The molecule has 0 aliphatic carbocycles. The van der Waals surface area contributed by atoms with Crippen molar-refractivity contribution in [2.24, 2.45) is 0 Å². The Labute approximate surface area is 171 Å². The molecule has 1 aromatic heterocycles. The molecule has 8 heteroatoms. The summed E-state index contributed by atoms with van der Waals surface area (Å²) in [5.41, 5.74) is 3.20. The molecule has 1 aliphatic heterocycles. The van der Waals surface area contributed by atoms with E-state index in [0.29, 0.717) is 30.2 Å². The molecule has 0 radical (unpaired) electrons. The summed E-state index contributed by atoms with van der Waals surface area (Å²) >= 11 is 0. The molecule has 158 valence electrons. The molecule has 2 aromatic rings. The molecule has 3 rings (SSSR count). The number of amides is 2. The lowest BCUT2D eigenvalue weighted by atomic mass is 10.2. The van der Waals surface area contributed by atoms with Crippen LogP contribution in [0.5, 0.6) is 0 Å². The Morgan fingerprint density at radius 3 is 2.41 bits per heavy atom. The van der Waals surface area contributed by atoms with Gasteiger partial charge in [-0.15, -0.1) is 0 Å². The molecule has 29 heavy (non-hydrogen) atoms. The van der Waals surface area contributed by atoms with Gasteiger partial charge in [-0.25, -0.2) is 9.18 Å². The number of hydrogen-bond acceptors (Lipinski definition) is 4. The Morgan fingerprint density at radius 1 is 1.21 bits per heavy atom. The predicted octanol–water partition coefficient (Wildman–Crippen LogP) is 4.48. The number of urea groups is 1. The summed E-state index contributed by atoms with van der Waals surface area (Å²) in [7, 11) is 0. The highest BCUT2D eigenvalue weighted by atomic mass is 19.1. The van der Waals surface area contributed by atoms with Crippen molar-refractivity contribution in [3.05, 3.63) is 35.4 Å². The maximum absolute atomic E-state index is 14.7. The SMILES string of the molecule is Cc1nn(C(C)C)c(C)c1NC(=O)Nc1ccc(N2C[C@@H](C)O[C@H](C)C2)c(F)c1. The fourth-order valence-corrected chi connectivity index (χ4v) is 3.84. The molecule has 0 saturated carbocycles. The highest BCUT2D eigenvalue weighted by Crippen LogP contribution is 2.27. The number of carbonyl (C=O) groups is 1. The van der Waals surface area contributed by atoms with Crippen molar-refractivity contribution in [1.29, 1.82) is 0 Å². The summed E-state index contributed by atoms with van der Waals surface area (Å²) in [6, 6.07) is 4.51. The molecule has 2 N–H and O–H groups in total. The number of hydrogen-bond donors (Lipinski definition) is 2. The van der Waals surface area contributed by atoms with Gasteiger partial charge in [0.2, 0.25) is 0 Å². The second-order valence-corrected chi connectivity index (χ2v) is 7.99. The lowest BCUT2D eigenvalue weighted by Gasteiger charge is -2.37. The quantitative estimate of drug-likeness (QED) is 0.790. The molecule has 1 aromatic carbocycles. The van der Waals surface area contributed by atoms with Gasteiger partial charge in [-0.3, -0.25) is 4.68 Å². The molecule has 1 fully saturated rings. The van der Waals surface area contributed by atoms with E-state index in [1.807, 2.05) is 51.1 Å². The molecule has 2 atom stereocenters. The monoisotopic (exact) mass is 403 g/mol. The molecular weight excluding hydrogens is 373 g/mol. The number of halogens is 1. The Kier molecular flexibility index (Phi) is 6.12. The van der Waals surface area contributed by atoms with Gasteiger partial charge in [0.05, 0.1) is 35.0 Å². The summed E-state index contributed by atoms with van der Waals surface area (Å²) in [6.07, 6.45) is 0.0833. The van der Waals surface area contributed by atoms with E-state index in [1.165, 1.54) is 6.07 Å². The van der Waals surface area contributed by atoms with Crippen LogP contribution in [0.1, 0.15) is 45.1 Å². The summed E-state index contributed by atoms with van der Waals surface area (Å²) in [5.74, 6) is -0.371. The van der Waals surface area contributed by atoms with Gasteiger partial charge in [0, 0.05) is 24.8 Å². The van der Waals surface area contributed by atoms with E-state index >= 15 is 0 Å². The van der Waals surface area contributed by atoms with Crippen LogP contribution in [0.3, 0.4) is 0 Å². The van der Waals surface area contributed by atoms with E-state index in [4.69, 9.17) is 4.74 Å². The zero-order chi connectivity index (χ0) is 21.3. The van der Waals surface area contributed by atoms with Crippen LogP contribution in [-0.2, 0) is 4.74 Å². The highest BCUT2D eigenvalue weighted by molar-refractivity contribution is 6.00. The maximum atomic E-state index is 14.7. The fourth-order valence-electron chi connectivity index (χ4n) is 3.84. The molecule has 0 bridgehead atoms. The van der Waals surface area contributed by atoms with Crippen LogP contribution in [-0.4, -0.2) is 41.1 Å². The van der Waals surface area contributed by atoms with Crippen LogP contribution < -0.4 is 15.5 Å². The zero-order valence-electron chi connectivity index (χ0n) is 17.9. The molecule has 2 amide bonds. The van der Waals surface area contributed by atoms with Crippen LogP contribution in [0.15, 0.2) is 18.2 Å². The number of anilines is 3. The van der Waals surface area contributed by atoms with Crippen molar-refractivity contribution < 1.29 is 13.9 Å². The van der Waals surface area contributed by atoms with Crippen LogP contribution in [0.25, 0.3) is 0 Å². The Bertz CT molecular complexity index is 885. The van der Waals surface area contributed by atoms with Crippen LogP contribution >= 0.6 is 0 Å².